The molecule has 6 fully saturated rings. The van der Waals surface area contributed by atoms with Gasteiger partial charge in [0.15, 0.2) is 17.4 Å². The summed E-state index contributed by atoms with van der Waals surface area (Å²) in [7, 11) is 0. The van der Waals surface area contributed by atoms with Crippen molar-refractivity contribution in [3.63, 3.8) is 0 Å². The van der Waals surface area contributed by atoms with Crippen molar-refractivity contribution in [1.82, 2.24) is 9.97 Å². The number of esters is 4. The van der Waals surface area contributed by atoms with Crippen molar-refractivity contribution in [3.8, 4) is 0 Å². The molecule has 7 rings (SSSR count). The van der Waals surface area contributed by atoms with E-state index in [4.69, 9.17) is 23.7 Å². The van der Waals surface area contributed by atoms with Crippen LogP contribution in [0.25, 0.3) is 0 Å². The van der Waals surface area contributed by atoms with E-state index in [1.54, 1.807) is 20.8 Å². The maximum atomic E-state index is 13.9. The van der Waals surface area contributed by atoms with E-state index in [0.717, 1.165) is 0 Å². The third-order valence-electron chi connectivity index (χ3n) is 10.9. The first-order valence-electron chi connectivity index (χ1n) is 13.8. The number of hydrogen-bond donors (Lipinski definition) is 2. The number of fused-ring (bicyclic) bond motifs is 1. The predicted octanol–water partition coefficient (Wildman–Crippen LogP) is 0.210. The Labute approximate surface area is 234 Å². The van der Waals surface area contributed by atoms with Crippen LogP contribution in [0.3, 0.4) is 0 Å². The molecule has 11 atom stereocenters. The van der Waals surface area contributed by atoms with Crippen LogP contribution in [0.1, 0.15) is 61.7 Å². The normalized spacial score (nSPS) is 47.0. The lowest BCUT2D eigenvalue weighted by molar-refractivity contribution is -0.239. The van der Waals surface area contributed by atoms with Crippen LogP contribution in [-0.2, 0) is 38.1 Å². The molecule has 13 nitrogen and oxygen atoms in total. The summed E-state index contributed by atoms with van der Waals surface area (Å²) in [5.74, 6) is -5.58. The van der Waals surface area contributed by atoms with Gasteiger partial charge < -0.3 is 33.9 Å². The molecule has 0 amide bonds. The molecule has 4 saturated heterocycles. The van der Waals surface area contributed by atoms with Crippen LogP contribution in [0.2, 0.25) is 0 Å². The molecule has 2 spiro atoms. The minimum absolute atomic E-state index is 0.103. The van der Waals surface area contributed by atoms with E-state index in [1.165, 1.54) is 6.92 Å². The van der Waals surface area contributed by atoms with Gasteiger partial charge in [0.25, 0.3) is 0 Å². The highest BCUT2D eigenvalue weighted by Gasteiger charge is 3.04. The van der Waals surface area contributed by atoms with Crippen LogP contribution in [0.4, 0.5) is 0 Å². The number of aromatic nitrogens is 2. The van der Waals surface area contributed by atoms with Gasteiger partial charge in [0.05, 0.1) is 33.8 Å². The minimum atomic E-state index is -2.35. The highest BCUT2D eigenvalue weighted by atomic mass is 16.8. The van der Waals surface area contributed by atoms with Crippen LogP contribution in [0.5, 0.6) is 0 Å². The van der Waals surface area contributed by atoms with Gasteiger partial charge in [0, 0.05) is 0 Å². The summed E-state index contributed by atoms with van der Waals surface area (Å²) < 4.78 is 29.4. The lowest BCUT2D eigenvalue weighted by atomic mass is 9.51. The Balaban J connectivity index is 1.47. The van der Waals surface area contributed by atoms with Crippen molar-refractivity contribution in [2.75, 3.05) is 0 Å². The van der Waals surface area contributed by atoms with Gasteiger partial charge in [-0.25, -0.2) is 19.4 Å². The number of carbonyl (C=O) groups is 4. The second-order valence-corrected chi connectivity index (χ2v) is 13.4. The smallest absolute Gasteiger partial charge is 0.359 e. The highest BCUT2D eigenvalue weighted by Crippen LogP contribution is 2.84. The molecule has 0 bridgehead atoms. The van der Waals surface area contributed by atoms with Crippen molar-refractivity contribution in [2.45, 2.75) is 96.8 Å². The van der Waals surface area contributed by atoms with Crippen LogP contribution < -0.4 is 0 Å². The molecule has 2 aliphatic carbocycles. The van der Waals surface area contributed by atoms with Gasteiger partial charge >= 0.3 is 23.9 Å². The fraction of sp³-hybridized carbons (Fsp3) is 0.714. The van der Waals surface area contributed by atoms with E-state index in [9.17, 15) is 29.4 Å². The molecule has 1 aromatic heterocycles. The minimum Gasteiger partial charge on any atom is -0.459 e. The number of carbonyl (C=O) groups excluding carboxylic acids is 4. The highest BCUT2D eigenvalue weighted by molar-refractivity contribution is 5.95. The largest absolute Gasteiger partial charge is 0.459 e. The fourth-order valence-electron chi connectivity index (χ4n) is 9.31. The SMILES string of the molecule is Cc1nc(C)c(C(=O)O[C@H]2C(=O)O[C@H]3O[C@]45C(=O)OC6C[C@@H](C(C)(C)C)C32C64[C@@H](O)C2OC(=O)[C@@H](C)[C@@]25O)nc1C. The number of rotatable bonds is 2. The summed E-state index contributed by atoms with van der Waals surface area (Å²) in [4.78, 5) is 62.6. The van der Waals surface area contributed by atoms with Gasteiger partial charge in [-0.1, -0.05) is 20.8 Å². The van der Waals surface area contributed by atoms with E-state index in [2.05, 4.69) is 9.97 Å². The second kappa shape index (κ2) is 7.42. The average molecular weight is 573 g/mol. The lowest BCUT2D eigenvalue weighted by Crippen LogP contribution is -2.67. The van der Waals surface area contributed by atoms with Gasteiger partial charge in [-0.15, -0.1) is 0 Å². The maximum absolute atomic E-state index is 13.9. The van der Waals surface area contributed by atoms with Crippen LogP contribution in [0.15, 0.2) is 0 Å². The first kappa shape index (κ1) is 26.7. The Morgan fingerprint density at radius 2 is 1.66 bits per heavy atom. The zero-order valence-electron chi connectivity index (χ0n) is 23.7. The standard InChI is InChI=1S/C28H32N2O11/c1-9-19(32)38-17-16(31)26-14-8-13(24(5,6)7)25(26)18(39-20(33)15-12(4)29-10(2)11(3)30-15)21(34)40-23(25)41-28(26,22(35)37-14)27(9,17)36/h9,13-14,16-18,23,31,36H,8H2,1-7H3/t9-,13+,14?,16+,17?,18+,23+,25?,26?,27-,28-/m1/s1. The predicted molar refractivity (Wildman–Crippen MR) is 131 cm³/mol. The maximum Gasteiger partial charge on any atom is 0.359 e. The average Bonchev–Trinajstić information content (AvgIpc) is 3.59. The first-order valence-corrected chi connectivity index (χ1v) is 13.8. The summed E-state index contributed by atoms with van der Waals surface area (Å²) in [6.07, 6.45) is -7.41. The van der Waals surface area contributed by atoms with E-state index in [-0.39, 0.29) is 17.8 Å². The van der Waals surface area contributed by atoms with Crippen molar-refractivity contribution in [1.29, 1.82) is 0 Å². The number of aliphatic hydroxyl groups is 2. The molecule has 2 saturated carbocycles. The van der Waals surface area contributed by atoms with E-state index in [1.807, 2.05) is 20.8 Å². The summed E-state index contributed by atoms with van der Waals surface area (Å²) >= 11 is 0. The van der Waals surface area contributed by atoms with E-state index >= 15 is 0 Å². The van der Waals surface area contributed by atoms with Crippen molar-refractivity contribution >= 4 is 23.9 Å². The van der Waals surface area contributed by atoms with Crippen molar-refractivity contribution < 1.29 is 53.1 Å². The zero-order chi connectivity index (χ0) is 29.8. The Kier molecular flexibility index (Phi) is 4.84. The Hall–Kier alpha value is -3.16. The molecule has 5 heterocycles. The molecule has 1 aromatic rings. The molecule has 4 aliphatic heterocycles. The summed E-state index contributed by atoms with van der Waals surface area (Å²) in [6, 6.07) is 0. The van der Waals surface area contributed by atoms with Gasteiger partial charge in [-0.05, 0) is 45.4 Å². The van der Waals surface area contributed by atoms with E-state index < -0.39 is 93.9 Å². The molecule has 13 heteroatoms. The molecule has 220 valence electrons. The van der Waals surface area contributed by atoms with Crippen molar-refractivity contribution in [2.24, 2.45) is 28.1 Å². The van der Waals surface area contributed by atoms with Gasteiger partial charge in [0.2, 0.25) is 18.0 Å². The Morgan fingerprint density at radius 1 is 1.00 bits per heavy atom. The molecule has 2 N–H and O–H groups in total. The van der Waals surface area contributed by atoms with Crippen LogP contribution in [0, 0.1) is 48.9 Å². The number of aryl methyl sites for hydroxylation is 3. The quantitative estimate of drug-likeness (QED) is 0.363. The third-order valence-corrected chi connectivity index (χ3v) is 10.9. The molecule has 4 unspecified atom stereocenters. The Bertz CT molecular complexity index is 1470. The summed E-state index contributed by atoms with van der Waals surface area (Å²) in [5, 5.41) is 24.4. The lowest BCUT2D eigenvalue weighted by Gasteiger charge is -2.48. The first-order chi connectivity index (χ1) is 19.0. The third kappa shape index (κ3) is 2.46. The molecule has 0 radical (unpaired) electrons. The fourth-order valence-corrected chi connectivity index (χ4v) is 9.31. The van der Waals surface area contributed by atoms with Crippen LogP contribution >= 0.6 is 0 Å². The number of nitrogens with zero attached hydrogens (tertiary/aromatic N) is 2. The number of aliphatic hydroxyl groups excluding tert-OH is 1. The topological polar surface area (TPSA) is 181 Å². The van der Waals surface area contributed by atoms with Gasteiger partial charge in [-0.3, -0.25) is 9.78 Å². The van der Waals surface area contributed by atoms with Crippen LogP contribution in [-0.4, -0.2) is 86.0 Å². The van der Waals surface area contributed by atoms with Crippen molar-refractivity contribution in [3.05, 3.63) is 22.8 Å². The Morgan fingerprint density at radius 3 is 2.32 bits per heavy atom. The molecular formula is C28H32N2O11. The summed E-state index contributed by atoms with van der Waals surface area (Å²) in [5.41, 5.74) is -7.60. The molecule has 41 heavy (non-hydrogen) atoms. The summed E-state index contributed by atoms with van der Waals surface area (Å²) in [6.45, 7) is 12.1. The molecule has 6 aliphatic rings. The number of hydrogen-bond acceptors (Lipinski definition) is 13. The molecule has 0 aromatic carbocycles. The molecular weight excluding hydrogens is 540 g/mol. The zero-order valence-corrected chi connectivity index (χ0v) is 23.7. The van der Waals surface area contributed by atoms with E-state index in [0.29, 0.717) is 11.4 Å². The second-order valence-electron chi connectivity index (χ2n) is 13.4. The van der Waals surface area contributed by atoms with Gasteiger partial charge in [-0.2, -0.15) is 0 Å². The number of ether oxygens (including phenoxy) is 5. The monoisotopic (exact) mass is 572 g/mol. The van der Waals surface area contributed by atoms with Gasteiger partial charge in [0.1, 0.15) is 12.2 Å².